The minimum absolute atomic E-state index is 0.174. The summed E-state index contributed by atoms with van der Waals surface area (Å²) >= 11 is 0. The average Bonchev–Trinajstić information content (AvgIpc) is 3.02. The van der Waals surface area contributed by atoms with Gasteiger partial charge in [-0.1, -0.05) is 12.1 Å². The third kappa shape index (κ3) is 3.04. The van der Waals surface area contributed by atoms with E-state index in [1.807, 2.05) is 24.5 Å². The fourth-order valence-corrected chi connectivity index (χ4v) is 6.56. The van der Waals surface area contributed by atoms with E-state index in [1.165, 1.54) is 44.9 Å². The molecule has 1 N–H and O–H groups in total. The number of nitrogens with one attached hydrogen (secondary N) is 1. The molecule has 26 heavy (non-hydrogen) atoms. The molecular formula is C22H29N3O. The zero-order valence-corrected chi connectivity index (χ0v) is 15.5. The molecule has 4 aliphatic carbocycles. The van der Waals surface area contributed by atoms with Gasteiger partial charge in [0, 0.05) is 19.5 Å². The number of hydrogen-bond acceptors (Lipinski definition) is 2. The lowest BCUT2D eigenvalue weighted by Gasteiger charge is -2.57. The first-order chi connectivity index (χ1) is 12.7. The first-order valence-electron chi connectivity index (χ1n) is 10.4. The van der Waals surface area contributed by atoms with Crippen molar-refractivity contribution in [3.05, 3.63) is 30.6 Å². The van der Waals surface area contributed by atoms with Crippen molar-refractivity contribution < 1.29 is 4.79 Å². The molecule has 0 atom stereocenters. The van der Waals surface area contributed by atoms with Crippen molar-refractivity contribution in [2.75, 3.05) is 6.54 Å². The van der Waals surface area contributed by atoms with Gasteiger partial charge in [0.15, 0.2) is 0 Å². The number of carbonyl (C=O) groups excluding carboxylic acids is 1. The summed E-state index contributed by atoms with van der Waals surface area (Å²) in [6, 6.07) is 8.09. The van der Waals surface area contributed by atoms with Gasteiger partial charge in [0.25, 0.3) is 0 Å². The summed E-state index contributed by atoms with van der Waals surface area (Å²) in [6.07, 6.45) is 12.3. The summed E-state index contributed by atoms with van der Waals surface area (Å²) in [5.41, 5.74) is 2.66. The van der Waals surface area contributed by atoms with E-state index in [0.29, 0.717) is 18.4 Å². The van der Waals surface area contributed by atoms with E-state index in [0.717, 1.165) is 35.3 Å². The highest BCUT2D eigenvalue weighted by atomic mass is 16.1. The van der Waals surface area contributed by atoms with Crippen LogP contribution in [0.3, 0.4) is 0 Å². The minimum atomic E-state index is 0.174. The van der Waals surface area contributed by atoms with E-state index in [9.17, 15) is 4.79 Å². The maximum absolute atomic E-state index is 12.3. The summed E-state index contributed by atoms with van der Waals surface area (Å²) in [6.45, 7) is 1.55. The Bertz CT molecular complexity index is 773. The second-order valence-corrected chi connectivity index (χ2v) is 9.19. The van der Waals surface area contributed by atoms with Gasteiger partial charge < -0.3 is 9.88 Å². The number of aryl methyl sites for hydroxylation is 1. The zero-order valence-electron chi connectivity index (χ0n) is 15.5. The quantitative estimate of drug-likeness (QED) is 0.850. The van der Waals surface area contributed by atoms with Crippen LogP contribution >= 0.6 is 0 Å². The van der Waals surface area contributed by atoms with Crippen LogP contribution in [0.1, 0.15) is 51.4 Å². The van der Waals surface area contributed by atoms with E-state index in [4.69, 9.17) is 0 Å². The first kappa shape index (κ1) is 16.3. The molecule has 1 aromatic carbocycles. The lowest BCUT2D eigenvalue weighted by atomic mass is 9.49. The molecule has 1 aromatic heterocycles. The highest BCUT2D eigenvalue weighted by Crippen LogP contribution is 2.61. The summed E-state index contributed by atoms with van der Waals surface area (Å²) < 4.78 is 2.08. The maximum Gasteiger partial charge on any atom is 0.221 e. The molecule has 1 amide bonds. The fourth-order valence-electron chi connectivity index (χ4n) is 6.56. The van der Waals surface area contributed by atoms with Gasteiger partial charge in [-0.3, -0.25) is 4.79 Å². The van der Waals surface area contributed by atoms with Crippen molar-refractivity contribution in [2.45, 2.75) is 57.9 Å². The van der Waals surface area contributed by atoms with Gasteiger partial charge in [0.1, 0.15) is 0 Å². The molecule has 0 spiro atoms. The van der Waals surface area contributed by atoms with Crippen LogP contribution in [0.2, 0.25) is 0 Å². The monoisotopic (exact) mass is 351 g/mol. The number of imidazole rings is 1. The van der Waals surface area contributed by atoms with E-state index in [2.05, 4.69) is 20.9 Å². The van der Waals surface area contributed by atoms with Crippen LogP contribution in [-0.4, -0.2) is 22.0 Å². The Morgan fingerprint density at radius 3 is 2.54 bits per heavy atom. The molecule has 0 unspecified atom stereocenters. The van der Waals surface area contributed by atoms with Crippen molar-refractivity contribution in [3.63, 3.8) is 0 Å². The zero-order chi connectivity index (χ0) is 17.6. The number of aromatic nitrogens is 2. The summed E-state index contributed by atoms with van der Waals surface area (Å²) in [7, 11) is 0. The van der Waals surface area contributed by atoms with Crippen molar-refractivity contribution in [2.24, 2.45) is 23.2 Å². The Morgan fingerprint density at radius 1 is 1.12 bits per heavy atom. The maximum atomic E-state index is 12.3. The topological polar surface area (TPSA) is 46.9 Å². The standard InChI is InChI=1S/C22H29N3O/c26-21(5-8-25-15-24-19-3-1-2-4-20(19)25)23-7-6-22-12-16-9-17(13-22)11-18(10-16)14-22/h1-4,15-18H,5-14H2,(H,23,26). The van der Waals surface area contributed by atoms with Crippen LogP contribution in [0, 0.1) is 23.2 Å². The van der Waals surface area contributed by atoms with Gasteiger partial charge in [0.2, 0.25) is 5.91 Å². The lowest BCUT2D eigenvalue weighted by Crippen LogP contribution is -2.47. The van der Waals surface area contributed by atoms with Gasteiger partial charge >= 0.3 is 0 Å². The Kier molecular flexibility index (Phi) is 4.02. The van der Waals surface area contributed by atoms with Crippen LogP contribution in [-0.2, 0) is 11.3 Å². The van der Waals surface area contributed by atoms with Crippen molar-refractivity contribution >= 4 is 16.9 Å². The molecule has 4 bridgehead atoms. The van der Waals surface area contributed by atoms with Crippen LogP contribution < -0.4 is 5.32 Å². The van der Waals surface area contributed by atoms with Gasteiger partial charge in [-0.15, -0.1) is 0 Å². The third-order valence-corrected chi connectivity index (χ3v) is 7.25. The van der Waals surface area contributed by atoms with Crippen molar-refractivity contribution in [1.29, 1.82) is 0 Å². The Balaban J connectivity index is 1.11. The number of hydrogen-bond donors (Lipinski definition) is 1. The van der Waals surface area contributed by atoms with E-state index >= 15 is 0 Å². The molecule has 138 valence electrons. The number of nitrogens with zero attached hydrogens (tertiary/aromatic N) is 2. The Labute approximate surface area is 155 Å². The average molecular weight is 351 g/mol. The van der Waals surface area contributed by atoms with Gasteiger partial charge in [-0.05, 0) is 80.2 Å². The number of carbonyl (C=O) groups is 1. The summed E-state index contributed by atoms with van der Waals surface area (Å²) in [4.78, 5) is 16.7. The molecule has 0 radical (unpaired) electrons. The Morgan fingerprint density at radius 2 is 1.81 bits per heavy atom. The van der Waals surface area contributed by atoms with Crippen molar-refractivity contribution in [1.82, 2.24) is 14.9 Å². The van der Waals surface area contributed by atoms with Gasteiger partial charge in [-0.25, -0.2) is 4.98 Å². The second kappa shape index (κ2) is 6.40. The smallest absolute Gasteiger partial charge is 0.221 e. The summed E-state index contributed by atoms with van der Waals surface area (Å²) in [5.74, 6) is 3.15. The normalized spacial score (nSPS) is 32.2. The SMILES string of the molecule is O=C(CCn1cnc2ccccc21)NCCC12CC3CC(CC(C3)C1)C2. The highest BCUT2D eigenvalue weighted by Gasteiger charge is 2.50. The fraction of sp³-hybridized carbons (Fsp3) is 0.636. The molecule has 0 aliphatic heterocycles. The second-order valence-electron chi connectivity index (χ2n) is 9.19. The van der Waals surface area contributed by atoms with Gasteiger partial charge in [0.05, 0.1) is 17.4 Å². The van der Waals surface area contributed by atoms with Crippen LogP contribution in [0.15, 0.2) is 30.6 Å². The van der Waals surface area contributed by atoms with E-state index < -0.39 is 0 Å². The predicted octanol–water partition coefficient (Wildman–Crippen LogP) is 4.15. The Hall–Kier alpha value is -1.84. The molecule has 4 nitrogen and oxygen atoms in total. The van der Waals surface area contributed by atoms with Gasteiger partial charge in [-0.2, -0.15) is 0 Å². The van der Waals surface area contributed by atoms with Crippen LogP contribution in [0.25, 0.3) is 11.0 Å². The summed E-state index contributed by atoms with van der Waals surface area (Å²) in [5, 5.41) is 3.20. The minimum Gasteiger partial charge on any atom is -0.356 e. The lowest BCUT2D eigenvalue weighted by molar-refractivity contribution is -0.121. The molecule has 4 fully saturated rings. The highest BCUT2D eigenvalue weighted by molar-refractivity contribution is 5.77. The van der Waals surface area contributed by atoms with Crippen LogP contribution in [0.4, 0.5) is 0 Å². The molecule has 4 aliphatic rings. The number of benzene rings is 1. The third-order valence-electron chi connectivity index (χ3n) is 7.25. The number of fused-ring (bicyclic) bond motifs is 1. The molecule has 6 rings (SSSR count). The van der Waals surface area contributed by atoms with Crippen molar-refractivity contribution in [3.8, 4) is 0 Å². The molecule has 4 saturated carbocycles. The predicted molar refractivity (Wildman–Crippen MR) is 103 cm³/mol. The number of amides is 1. The molecule has 4 heteroatoms. The molecule has 1 heterocycles. The van der Waals surface area contributed by atoms with E-state index in [1.54, 1.807) is 0 Å². The number of rotatable bonds is 6. The molecule has 2 aromatic rings. The van der Waals surface area contributed by atoms with E-state index in [-0.39, 0.29) is 5.91 Å². The molecular weight excluding hydrogens is 322 g/mol. The van der Waals surface area contributed by atoms with Crippen LogP contribution in [0.5, 0.6) is 0 Å². The number of para-hydroxylation sites is 2. The first-order valence-corrected chi connectivity index (χ1v) is 10.4. The molecule has 0 saturated heterocycles. The largest absolute Gasteiger partial charge is 0.356 e.